The molecule has 0 N–H and O–H groups in total. The fraction of sp³-hybridized carbons (Fsp3) is 0.500. The summed E-state index contributed by atoms with van der Waals surface area (Å²) in [4.78, 5) is 30.5. The molecule has 2 aliphatic rings. The predicted molar refractivity (Wildman–Crippen MR) is 156 cm³/mol. The van der Waals surface area contributed by atoms with Crippen molar-refractivity contribution < 1.29 is 19.0 Å². The van der Waals surface area contributed by atoms with E-state index in [1.54, 1.807) is 6.07 Å². The molecule has 2 aliphatic heterocycles. The molecule has 0 saturated carbocycles. The molecule has 3 aromatic rings. The summed E-state index contributed by atoms with van der Waals surface area (Å²) in [6.07, 6.45) is 1.38. The number of rotatable bonds is 6. The van der Waals surface area contributed by atoms with Crippen LogP contribution in [0.3, 0.4) is 0 Å². The lowest BCUT2D eigenvalue weighted by atomic mass is 10.0. The Kier molecular flexibility index (Phi) is 8.08. The number of hydrogen-bond acceptors (Lipinski definition) is 6. The van der Waals surface area contributed by atoms with Crippen LogP contribution in [-0.2, 0) is 17.8 Å². The van der Waals surface area contributed by atoms with Crippen LogP contribution in [0.4, 0.5) is 4.79 Å². The molecule has 0 aliphatic carbocycles. The Hall–Kier alpha value is -3.52. The van der Waals surface area contributed by atoms with Crippen LogP contribution in [0.15, 0.2) is 47.3 Å². The van der Waals surface area contributed by atoms with Crippen LogP contribution >= 0.6 is 0 Å². The van der Waals surface area contributed by atoms with Crippen molar-refractivity contribution in [1.82, 2.24) is 14.4 Å². The number of ether oxygens (including phenoxy) is 3. The van der Waals surface area contributed by atoms with Gasteiger partial charge in [0.15, 0.2) is 11.5 Å². The van der Waals surface area contributed by atoms with Crippen molar-refractivity contribution in [2.75, 3.05) is 32.8 Å². The predicted octanol–water partition coefficient (Wildman–Crippen LogP) is 5.29. The lowest BCUT2D eigenvalue weighted by Gasteiger charge is -2.39. The molecular weight excluding hydrogens is 506 g/mol. The lowest BCUT2D eigenvalue weighted by molar-refractivity contribution is 0.00562. The topological polar surface area (TPSA) is 73.2 Å². The summed E-state index contributed by atoms with van der Waals surface area (Å²) in [5, 5.41) is 1.12. The second-order valence-corrected chi connectivity index (χ2v) is 12.0. The Morgan fingerprint density at radius 1 is 0.975 bits per heavy atom. The van der Waals surface area contributed by atoms with Gasteiger partial charge in [-0.05, 0) is 82.3 Å². The first-order chi connectivity index (χ1) is 19.1. The van der Waals surface area contributed by atoms with Crippen molar-refractivity contribution in [3.8, 4) is 11.5 Å². The molecule has 0 bridgehead atoms. The first-order valence-electron chi connectivity index (χ1n) is 14.3. The van der Waals surface area contributed by atoms with Gasteiger partial charge in [-0.2, -0.15) is 0 Å². The zero-order valence-electron chi connectivity index (χ0n) is 24.4. The monoisotopic (exact) mass is 547 g/mol. The third-order valence-corrected chi connectivity index (χ3v) is 7.70. The van der Waals surface area contributed by atoms with Crippen LogP contribution in [0.5, 0.6) is 11.5 Å². The molecule has 8 nitrogen and oxygen atoms in total. The van der Waals surface area contributed by atoms with Crippen molar-refractivity contribution in [3.63, 3.8) is 0 Å². The van der Waals surface area contributed by atoms with E-state index in [0.717, 1.165) is 71.6 Å². The second kappa shape index (κ2) is 11.5. The molecule has 1 amide bonds. The van der Waals surface area contributed by atoms with E-state index in [2.05, 4.69) is 30.0 Å². The van der Waals surface area contributed by atoms with Gasteiger partial charge in [-0.1, -0.05) is 18.2 Å². The third kappa shape index (κ3) is 6.44. The number of benzene rings is 2. The number of aryl methyl sites for hydroxylation is 2. The van der Waals surface area contributed by atoms with Gasteiger partial charge < -0.3 is 28.6 Å². The highest BCUT2D eigenvalue weighted by molar-refractivity contribution is 5.83. The van der Waals surface area contributed by atoms with Crippen LogP contribution in [0, 0.1) is 13.8 Å². The molecule has 1 aromatic heterocycles. The highest BCUT2D eigenvalue weighted by Crippen LogP contribution is 2.32. The maximum Gasteiger partial charge on any atom is 0.410 e. The highest BCUT2D eigenvalue weighted by Gasteiger charge is 2.31. The molecule has 8 heteroatoms. The zero-order chi connectivity index (χ0) is 28.4. The number of carbonyl (C=O) groups is 1. The summed E-state index contributed by atoms with van der Waals surface area (Å²) in [7, 11) is 0. The maximum atomic E-state index is 13.4. The average Bonchev–Trinajstić information content (AvgIpc) is 2.91. The summed E-state index contributed by atoms with van der Waals surface area (Å²) in [6, 6.07) is 14.0. The fourth-order valence-corrected chi connectivity index (χ4v) is 5.63. The normalized spacial score (nSPS) is 16.2. The molecule has 3 heterocycles. The Morgan fingerprint density at radius 3 is 2.42 bits per heavy atom. The van der Waals surface area contributed by atoms with Gasteiger partial charge in [-0.25, -0.2) is 4.79 Å². The number of piperidine rings is 1. The fourth-order valence-electron chi connectivity index (χ4n) is 5.63. The van der Waals surface area contributed by atoms with E-state index in [0.29, 0.717) is 26.3 Å². The smallest absolute Gasteiger partial charge is 0.410 e. The molecule has 5 rings (SSSR count). The number of carbonyl (C=O) groups excluding carboxylic acids is 1. The van der Waals surface area contributed by atoms with Crippen LogP contribution in [0.2, 0.25) is 0 Å². The number of nitrogens with zero attached hydrogens (tertiary/aromatic N) is 3. The number of pyridine rings is 1. The van der Waals surface area contributed by atoms with Crippen LogP contribution < -0.4 is 15.0 Å². The van der Waals surface area contributed by atoms with E-state index in [-0.39, 0.29) is 17.7 Å². The van der Waals surface area contributed by atoms with Gasteiger partial charge in [0, 0.05) is 50.2 Å². The van der Waals surface area contributed by atoms with Gasteiger partial charge in [-0.15, -0.1) is 0 Å². The number of hydrogen-bond donors (Lipinski definition) is 0. The standard InChI is InChI=1S/C32H41N3O5/c1-22-6-8-26-23(2)19-30(36)34(27(26)18-22)15-14-33-12-10-25(11-13-33)35(31(37)40-32(3,4)5)21-24-7-9-28-29(20-24)39-17-16-38-28/h6-9,18-20,25H,10-17,21H2,1-5H3. The van der Waals surface area contributed by atoms with Gasteiger partial charge in [0.25, 0.3) is 5.56 Å². The largest absolute Gasteiger partial charge is 0.486 e. The SMILES string of the molecule is Cc1ccc2c(C)cc(=O)n(CCN3CCC(N(Cc4ccc5c(c4)OCCO5)C(=O)OC(C)(C)C)CC3)c2c1. The maximum absolute atomic E-state index is 13.4. The van der Waals surface area contributed by atoms with E-state index in [1.165, 1.54) is 0 Å². The van der Waals surface area contributed by atoms with Crippen LogP contribution in [0.1, 0.15) is 50.3 Å². The minimum absolute atomic E-state index is 0.0426. The summed E-state index contributed by atoms with van der Waals surface area (Å²) in [5.41, 5.74) is 3.60. The molecule has 0 radical (unpaired) electrons. The van der Waals surface area contributed by atoms with Gasteiger partial charge in [0.2, 0.25) is 0 Å². The molecule has 214 valence electrons. The van der Waals surface area contributed by atoms with E-state index < -0.39 is 5.60 Å². The van der Waals surface area contributed by atoms with Crippen molar-refractivity contribution >= 4 is 17.0 Å². The van der Waals surface area contributed by atoms with Crippen LogP contribution in [0.25, 0.3) is 10.9 Å². The minimum atomic E-state index is -0.578. The molecule has 1 saturated heterocycles. The Labute approximate surface area is 236 Å². The first kappa shape index (κ1) is 28.0. The Balaban J connectivity index is 1.26. The number of aromatic nitrogens is 1. The Morgan fingerprint density at radius 2 is 1.70 bits per heavy atom. The number of fused-ring (bicyclic) bond motifs is 2. The van der Waals surface area contributed by atoms with Crippen molar-refractivity contribution in [1.29, 1.82) is 0 Å². The molecule has 0 atom stereocenters. The van der Waals surface area contributed by atoms with E-state index in [9.17, 15) is 9.59 Å². The van der Waals surface area contributed by atoms with Crippen molar-refractivity contribution in [2.24, 2.45) is 0 Å². The first-order valence-corrected chi connectivity index (χ1v) is 14.3. The lowest BCUT2D eigenvalue weighted by Crippen LogP contribution is -2.49. The molecular formula is C32H41N3O5. The van der Waals surface area contributed by atoms with Gasteiger partial charge in [-0.3, -0.25) is 4.79 Å². The highest BCUT2D eigenvalue weighted by atomic mass is 16.6. The summed E-state index contributed by atoms with van der Waals surface area (Å²) < 4.78 is 19.2. The zero-order valence-corrected chi connectivity index (χ0v) is 24.4. The molecule has 0 spiro atoms. The van der Waals surface area contributed by atoms with E-state index in [1.807, 2.05) is 55.4 Å². The number of amides is 1. The van der Waals surface area contributed by atoms with Crippen molar-refractivity contribution in [3.05, 3.63) is 69.5 Å². The van der Waals surface area contributed by atoms with Gasteiger partial charge >= 0.3 is 6.09 Å². The molecule has 1 fully saturated rings. The van der Waals surface area contributed by atoms with Gasteiger partial charge in [0.1, 0.15) is 18.8 Å². The molecule has 0 unspecified atom stereocenters. The molecule has 2 aromatic carbocycles. The molecule has 40 heavy (non-hydrogen) atoms. The Bertz CT molecular complexity index is 1430. The van der Waals surface area contributed by atoms with Gasteiger partial charge in [0.05, 0.1) is 5.52 Å². The van der Waals surface area contributed by atoms with E-state index >= 15 is 0 Å². The number of likely N-dealkylation sites (tertiary alicyclic amines) is 1. The third-order valence-electron chi connectivity index (χ3n) is 7.70. The summed E-state index contributed by atoms with van der Waals surface area (Å²) in [5.74, 6) is 1.46. The average molecular weight is 548 g/mol. The van der Waals surface area contributed by atoms with Crippen LogP contribution in [-0.4, -0.2) is 65.0 Å². The summed E-state index contributed by atoms with van der Waals surface area (Å²) in [6.45, 7) is 14.4. The summed E-state index contributed by atoms with van der Waals surface area (Å²) >= 11 is 0. The minimum Gasteiger partial charge on any atom is -0.486 e. The second-order valence-electron chi connectivity index (χ2n) is 12.0. The van der Waals surface area contributed by atoms with Crippen molar-refractivity contribution in [2.45, 2.75) is 72.2 Å². The quantitative estimate of drug-likeness (QED) is 0.418. The van der Waals surface area contributed by atoms with E-state index in [4.69, 9.17) is 14.2 Å².